The molecule has 2 aliphatic rings. The van der Waals surface area contributed by atoms with E-state index in [9.17, 15) is 4.39 Å². The molecule has 1 aromatic carbocycles. The molecule has 2 fully saturated rings. The van der Waals surface area contributed by atoms with Crippen molar-refractivity contribution >= 4 is 22.4 Å². The van der Waals surface area contributed by atoms with E-state index in [1.165, 1.54) is 6.07 Å². The van der Waals surface area contributed by atoms with Crippen molar-refractivity contribution in [2.24, 2.45) is 5.41 Å². The SMILES string of the molecule is CNc1ccc(F)c(-n2cc3cc(N4CCC5(COC5)C4)cnc3n2)c1. The highest BCUT2D eigenvalue weighted by molar-refractivity contribution is 5.78. The molecule has 0 aliphatic carbocycles. The van der Waals surface area contributed by atoms with Crippen LogP contribution < -0.4 is 10.2 Å². The number of nitrogens with one attached hydrogen (secondary N) is 1. The molecule has 0 radical (unpaired) electrons. The third-order valence-corrected chi connectivity index (χ3v) is 5.45. The van der Waals surface area contributed by atoms with Crippen LogP contribution in [0.15, 0.2) is 36.7 Å². The number of nitrogens with zero attached hydrogens (tertiary/aromatic N) is 4. The molecule has 0 atom stereocenters. The zero-order valence-electron chi connectivity index (χ0n) is 14.6. The van der Waals surface area contributed by atoms with Crippen LogP contribution in [0.25, 0.3) is 16.7 Å². The minimum absolute atomic E-state index is 0.316. The summed E-state index contributed by atoms with van der Waals surface area (Å²) < 4.78 is 21.2. The smallest absolute Gasteiger partial charge is 0.181 e. The lowest BCUT2D eigenvalue weighted by atomic mass is 9.85. The Morgan fingerprint density at radius 3 is 2.88 bits per heavy atom. The highest BCUT2D eigenvalue weighted by atomic mass is 19.1. The van der Waals surface area contributed by atoms with E-state index in [2.05, 4.69) is 26.4 Å². The van der Waals surface area contributed by atoms with Crippen LogP contribution in [0.1, 0.15) is 6.42 Å². The second-order valence-corrected chi connectivity index (χ2v) is 7.26. The maximum absolute atomic E-state index is 14.2. The number of hydrogen-bond acceptors (Lipinski definition) is 5. The van der Waals surface area contributed by atoms with Gasteiger partial charge in [0.2, 0.25) is 0 Å². The molecule has 2 saturated heterocycles. The first-order chi connectivity index (χ1) is 12.7. The van der Waals surface area contributed by atoms with Gasteiger partial charge in [-0.2, -0.15) is 0 Å². The van der Waals surface area contributed by atoms with E-state index in [0.29, 0.717) is 16.7 Å². The molecule has 134 valence electrons. The van der Waals surface area contributed by atoms with Crippen molar-refractivity contribution in [1.29, 1.82) is 0 Å². The summed E-state index contributed by atoms with van der Waals surface area (Å²) in [6, 6.07) is 6.97. The molecule has 7 heteroatoms. The molecular formula is C19H20FN5O. The second kappa shape index (κ2) is 5.67. The van der Waals surface area contributed by atoms with Crippen LogP contribution in [0.3, 0.4) is 0 Å². The van der Waals surface area contributed by atoms with E-state index in [4.69, 9.17) is 4.74 Å². The second-order valence-electron chi connectivity index (χ2n) is 7.26. The average molecular weight is 353 g/mol. The van der Waals surface area contributed by atoms with E-state index in [-0.39, 0.29) is 5.82 Å². The van der Waals surface area contributed by atoms with Crippen molar-refractivity contribution in [3.05, 3.63) is 42.5 Å². The molecule has 0 unspecified atom stereocenters. The molecular weight excluding hydrogens is 333 g/mol. The van der Waals surface area contributed by atoms with Gasteiger partial charge in [-0.3, -0.25) is 0 Å². The Kier molecular flexibility index (Phi) is 3.40. The summed E-state index contributed by atoms with van der Waals surface area (Å²) in [7, 11) is 1.81. The van der Waals surface area contributed by atoms with E-state index in [1.54, 1.807) is 23.9 Å². The zero-order chi connectivity index (χ0) is 17.7. The van der Waals surface area contributed by atoms with Gasteiger partial charge in [0, 0.05) is 42.8 Å². The van der Waals surface area contributed by atoms with Gasteiger partial charge in [-0.05, 0) is 30.7 Å². The minimum Gasteiger partial charge on any atom is -0.388 e. The van der Waals surface area contributed by atoms with E-state index in [0.717, 1.165) is 49.5 Å². The van der Waals surface area contributed by atoms with Gasteiger partial charge in [-0.1, -0.05) is 0 Å². The Labute approximate surface area is 150 Å². The van der Waals surface area contributed by atoms with E-state index >= 15 is 0 Å². The maximum atomic E-state index is 14.2. The lowest BCUT2D eigenvalue weighted by molar-refractivity contribution is -0.0985. The van der Waals surface area contributed by atoms with E-state index < -0.39 is 0 Å². The van der Waals surface area contributed by atoms with E-state index in [1.807, 2.05) is 12.4 Å². The first-order valence-corrected chi connectivity index (χ1v) is 8.82. The summed E-state index contributed by atoms with van der Waals surface area (Å²) in [6.45, 7) is 3.74. The van der Waals surface area contributed by atoms with Crippen molar-refractivity contribution in [2.75, 3.05) is 43.6 Å². The molecule has 4 heterocycles. The molecule has 0 amide bonds. The summed E-state index contributed by atoms with van der Waals surface area (Å²) in [4.78, 5) is 6.85. The van der Waals surface area contributed by atoms with Crippen LogP contribution in [0.4, 0.5) is 15.8 Å². The quantitative estimate of drug-likeness (QED) is 0.785. The lowest BCUT2D eigenvalue weighted by Gasteiger charge is -2.37. The third kappa shape index (κ3) is 2.42. The van der Waals surface area contributed by atoms with Gasteiger partial charge in [0.25, 0.3) is 0 Å². The monoisotopic (exact) mass is 353 g/mol. The van der Waals surface area contributed by atoms with Crippen LogP contribution in [0.5, 0.6) is 0 Å². The Morgan fingerprint density at radius 1 is 1.27 bits per heavy atom. The number of aromatic nitrogens is 3. The highest BCUT2D eigenvalue weighted by Gasteiger charge is 2.44. The summed E-state index contributed by atoms with van der Waals surface area (Å²) in [6.07, 6.45) is 4.85. The highest BCUT2D eigenvalue weighted by Crippen LogP contribution is 2.39. The Morgan fingerprint density at radius 2 is 2.15 bits per heavy atom. The summed E-state index contributed by atoms with van der Waals surface area (Å²) in [5, 5.41) is 8.37. The number of benzene rings is 1. The molecule has 5 rings (SSSR count). The van der Waals surface area contributed by atoms with Gasteiger partial charge in [0.05, 0.1) is 25.1 Å². The van der Waals surface area contributed by atoms with Crippen LogP contribution in [0.2, 0.25) is 0 Å². The zero-order valence-corrected chi connectivity index (χ0v) is 14.6. The van der Waals surface area contributed by atoms with Gasteiger partial charge in [0.15, 0.2) is 5.65 Å². The number of rotatable bonds is 3. The summed E-state index contributed by atoms with van der Waals surface area (Å²) in [5.74, 6) is -0.316. The van der Waals surface area contributed by atoms with Gasteiger partial charge in [-0.15, -0.1) is 5.10 Å². The van der Waals surface area contributed by atoms with Gasteiger partial charge < -0.3 is 15.0 Å². The minimum atomic E-state index is -0.316. The first kappa shape index (κ1) is 15.6. The van der Waals surface area contributed by atoms with Crippen LogP contribution in [0, 0.1) is 11.2 Å². The fraction of sp³-hybridized carbons (Fsp3) is 0.368. The maximum Gasteiger partial charge on any atom is 0.181 e. The third-order valence-electron chi connectivity index (χ3n) is 5.45. The fourth-order valence-electron chi connectivity index (χ4n) is 3.83. The number of hydrogen-bond donors (Lipinski definition) is 1. The van der Waals surface area contributed by atoms with Crippen molar-refractivity contribution in [3.8, 4) is 5.69 Å². The van der Waals surface area contributed by atoms with Crippen molar-refractivity contribution < 1.29 is 9.13 Å². The Hall–Kier alpha value is -2.67. The molecule has 1 N–H and O–H groups in total. The number of ether oxygens (including phenoxy) is 1. The molecule has 0 bridgehead atoms. The Balaban J connectivity index is 1.49. The summed E-state index contributed by atoms with van der Waals surface area (Å²) in [5.41, 5.74) is 3.27. The predicted octanol–water partition coefficient (Wildman–Crippen LogP) is 2.83. The van der Waals surface area contributed by atoms with Gasteiger partial charge in [-0.25, -0.2) is 14.1 Å². The molecule has 1 spiro atoms. The number of halogens is 1. The number of pyridine rings is 1. The van der Waals surface area contributed by atoms with Gasteiger partial charge >= 0.3 is 0 Å². The first-order valence-electron chi connectivity index (χ1n) is 8.82. The van der Waals surface area contributed by atoms with Crippen LogP contribution in [-0.4, -0.2) is 48.1 Å². The molecule has 2 aromatic heterocycles. The Bertz CT molecular complexity index is 981. The van der Waals surface area contributed by atoms with Gasteiger partial charge in [0.1, 0.15) is 11.5 Å². The van der Waals surface area contributed by atoms with Crippen LogP contribution >= 0.6 is 0 Å². The molecule has 3 aromatic rings. The van der Waals surface area contributed by atoms with Crippen molar-refractivity contribution in [1.82, 2.24) is 14.8 Å². The fourth-order valence-corrected chi connectivity index (χ4v) is 3.83. The number of fused-ring (bicyclic) bond motifs is 1. The topological polar surface area (TPSA) is 55.2 Å². The summed E-state index contributed by atoms with van der Waals surface area (Å²) >= 11 is 0. The lowest BCUT2D eigenvalue weighted by Crippen LogP contribution is -2.44. The van der Waals surface area contributed by atoms with Crippen molar-refractivity contribution in [2.45, 2.75) is 6.42 Å². The standard InChI is InChI=1S/C19H20FN5O/c1-21-14-2-3-16(20)17(7-14)25-9-13-6-15(8-22-18(13)23-25)24-5-4-19(10-24)11-26-12-19/h2-3,6-9,21H,4-5,10-12H2,1H3. The predicted molar refractivity (Wildman–Crippen MR) is 98.5 cm³/mol. The molecule has 6 nitrogen and oxygen atoms in total. The largest absolute Gasteiger partial charge is 0.388 e. The average Bonchev–Trinajstić information content (AvgIpc) is 3.25. The molecule has 26 heavy (non-hydrogen) atoms. The number of anilines is 2. The molecule has 2 aliphatic heterocycles. The molecule has 0 saturated carbocycles. The normalized spacial score (nSPS) is 18.5. The van der Waals surface area contributed by atoms with Crippen molar-refractivity contribution in [3.63, 3.8) is 0 Å². The van der Waals surface area contributed by atoms with Crippen LogP contribution in [-0.2, 0) is 4.74 Å².